The Morgan fingerprint density at radius 3 is 2.37 bits per heavy atom. The first-order chi connectivity index (χ1) is 16.9. The smallest absolute Gasteiger partial charge is 0.229 e. The lowest BCUT2D eigenvalue weighted by Crippen LogP contribution is -2.15. The number of unbranched alkanes of at least 4 members (excludes halogenated alkanes) is 1. The van der Waals surface area contributed by atoms with Gasteiger partial charge < -0.3 is 15.1 Å². The molecule has 2 N–H and O–H groups in total. The van der Waals surface area contributed by atoms with Crippen molar-refractivity contribution in [1.82, 2.24) is 9.97 Å². The summed E-state index contributed by atoms with van der Waals surface area (Å²) >= 11 is 1.31. The largest absolute Gasteiger partial charge is 0.504 e. The van der Waals surface area contributed by atoms with Gasteiger partial charge in [0.1, 0.15) is 10.6 Å². The molecule has 2 aromatic heterocycles. The maximum absolute atomic E-state index is 11.4. The summed E-state index contributed by atoms with van der Waals surface area (Å²) in [4.78, 5) is 12.1. The summed E-state index contributed by atoms with van der Waals surface area (Å²) < 4.78 is 0. The number of aromatic nitrogens is 2. The minimum absolute atomic E-state index is 0.0477. The van der Waals surface area contributed by atoms with E-state index in [-0.39, 0.29) is 11.6 Å². The predicted molar refractivity (Wildman–Crippen MR) is 144 cm³/mol. The van der Waals surface area contributed by atoms with Crippen molar-refractivity contribution in [3.05, 3.63) is 83.8 Å². The fourth-order valence-electron chi connectivity index (χ4n) is 4.22. The normalized spacial score (nSPS) is 11.0. The molecule has 4 rings (SSSR count). The topological polar surface area (TPSA) is 69.5 Å². The Labute approximate surface area is 211 Å². The Kier molecular flexibility index (Phi) is 7.61. The molecule has 180 valence electrons. The van der Waals surface area contributed by atoms with E-state index in [1.807, 2.05) is 80.4 Å². The van der Waals surface area contributed by atoms with Crippen molar-refractivity contribution in [2.75, 3.05) is 11.9 Å². The van der Waals surface area contributed by atoms with Gasteiger partial charge in [-0.2, -0.15) is 0 Å². The van der Waals surface area contributed by atoms with Crippen molar-refractivity contribution in [2.24, 2.45) is 0 Å². The molecule has 0 radical (unpaired) electrons. The van der Waals surface area contributed by atoms with E-state index in [0.29, 0.717) is 22.7 Å². The lowest BCUT2D eigenvalue weighted by atomic mass is 10.1. The summed E-state index contributed by atoms with van der Waals surface area (Å²) in [6.45, 7) is 6.15. The summed E-state index contributed by atoms with van der Waals surface area (Å²) in [6, 6.07) is 20.1. The van der Waals surface area contributed by atoms with Gasteiger partial charge in [-0.05, 0) is 62.1 Å². The van der Waals surface area contributed by atoms with Crippen LogP contribution in [-0.2, 0) is 6.42 Å². The molecule has 6 heteroatoms. The van der Waals surface area contributed by atoms with E-state index in [2.05, 4.69) is 23.0 Å². The first-order valence-corrected chi connectivity index (χ1v) is 12.7. The summed E-state index contributed by atoms with van der Waals surface area (Å²) in [5.41, 5.74) is 6.54. The Bertz CT molecular complexity index is 1320. The standard InChI is InChI=1S/C29H31N3O2S/c1-5-6-12-24-26(32(4)25-13-8-7-10-19(25)2)27(33)28(29(34)31-24)35-22-16-14-21(15-17-22)23-11-9-18-30-20(23)3/h7-11,13-18H,5-6,12H2,1-4H3,(H2,31,33,34). The van der Waals surface area contributed by atoms with Gasteiger partial charge >= 0.3 is 0 Å². The maximum Gasteiger partial charge on any atom is 0.229 e. The zero-order valence-electron chi connectivity index (χ0n) is 20.6. The molecule has 0 saturated carbocycles. The number of pyridine rings is 2. The van der Waals surface area contributed by atoms with E-state index in [4.69, 9.17) is 0 Å². The van der Waals surface area contributed by atoms with E-state index in [9.17, 15) is 10.2 Å². The number of nitrogens with zero attached hydrogens (tertiary/aromatic N) is 3. The lowest BCUT2D eigenvalue weighted by molar-refractivity contribution is 0.410. The third kappa shape index (κ3) is 5.28. The number of hydrogen-bond donors (Lipinski definition) is 2. The van der Waals surface area contributed by atoms with Gasteiger partial charge in [-0.15, -0.1) is 0 Å². The fraction of sp³-hybridized carbons (Fsp3) is 0.241. The van der Waals surface area contributed by atoms with Crippen molar-refractivity contribution in [3.63, 3.8) is 0 Å². The number of aryl methyl sites for hydroxylation is 3. The summed E-state index contributed by atoms with van der Waals surface area (Å²) in [5, 5.41) is 22.2. The van der Waals surface area contributed by atoms with Crippen LogP contribution >= 0.6 is 11.8 Å². The molecular formula is C29H31N3O2S. The summed E-state index contributed by atoms with van der Waals surface area (Å²) in [7, 11) is 1.94. The molecule has 0 atom stereocenters. The molecule has 0 bridgehead atoms. The molecule has 0 aliphatic rings. The highest BCUT2D eigenvalue weighted by Gasteiger charge is 2.24. The van der Waals surface area contributed by atoms with Crippen molar-refractivity contribution >= 4 is 23.1 Å². The van der Waals surface area contributed by atoms with Crippen molar-refractivity contribution in [1.29, 1.82) is 0 Å². The lowest BCUT2D eigenvalue weighted by Gasteiger charge is -2.26. The number of anilines is 2. The van der Waals surface area contributed by atoms with Crippen LogP contribution in [0, 0.1) is 13.8 Å². The molecule has 0 aliphatic carbocycles. The van der Waals surface area contributed by atoms with Crippen LogP contribution in [0.5, 0.6) is 11.6 Å². The van der Waals surface area contributed by atoms with Crippen LogP contribution in [0.1, 0.15) is 36.7 Å². The minimum Gasteiger partial charge on any atom is -0.504 e. The van der Waals surface area contributed by atoms with Gasteiger partial charge in [-0.1, -0.05) is 61.5 Å². The van der Waals surface area contributed by atoms with Crippen molar-refractivity contribution in [2.45, 2.75) is 49.8 Å². The Morgan fingerprint density at radius 1 is 0.943 bits per heavy atom. The fourth-order valence-corrected chi connectivity index (χ4v) is 5.05. The van der Waals surface area contributed by atoms with Gasteiger partial charge in [0.25, 0.3) is 0 Å². The third-order valence-electron chi connectivity index (χ3n) is 6.13. The molecule has 4 aromatic rings. The monoisotopic (exact) mass is 485 g/mol. The molecule has 0 aliphatic heterocycles. The molecule has 2 heterocycles. The molecule has 0 unspecified atom stereocenters. The summed E-state index contributed by atoms with van der Waals surface area (Å²) in [6.07, 6.45) is 4.38. The summed E-state index contributed by atoms with van der Waals surface area (Å²) in [5.74, 6) is -0.0979. The van der Waals surface area contributed by atoms with Gasteiger partial charge in [-0.3, -0.25) is 4.98 Å². The van der Waals surface area contributed by atoms with E-state index in [1.54, 1.807) is 6.20 Å². The minimum atomic E-state index is -0.146. The Balaban J connectivity index is 1.72. The molecular weight excluding hydrogens is 454 g/mol. The van der Waals surface area contributed by atoms with Crippen LogP contribution in [0.25, 0.3) is 11.1 Å². The third-order valence-corrected chi connectivity index (χ3v) is 7.22. The second-order valence-electron chi connectivity index (χ2n) is 8.62. The van der Waals surface area contributed by atoms with Gasteiger partial charge in [0.2, 0.25) is 5.88 Å². The second-order valence-corrected chi connectivity index (χ2v) is 9.70. The first-order valence-electron chi connectivity index (χ1n) is 11.8. The number of aromatic hydroxyl groups is 2. The van der Waals surface area contributed by atoms with Crippen LogP contribution in [0.3, 0.4) is 0 Å². The van der Waals surface area contributed by atoms with Crippen molar-refractivity contribution < 1.29 is 10.2 Å². The first kappa shape index (κ1) is 24.6. The molecule has 0 fully saturated rings. The van der Waals surface area contributed by atoms with Gasteiger partial charge in [0, 0.05) is 35.1 Å². The number of hydrogen-bond acceptors (Lipinski definition) is 6. The van der Waals surface area contributed by atoms with Gasteiger partial charge in [0.05, 0.1) is 5.69 Å². The van der Waals surface area contributed by atoms with Gasteiger partial charge in [0.15, 0.2) is 5.75 Å². The average Bonchev–Trinajstić information content (AvgIpc) is 2.86. The quantitative estimate of drug-likeness (QED) is 0.270. The molecule has 0 saturated heterocycles. The number of benzene rings is 2. The Morgan fingerprint density at radius 2 is 1.69 bits per heavy atom. The van der Waals surface area contributed by atoms with Crippen LogP contribution < -0.4 is 4.90 Å². The molecule has 5 nitrogen and oxygen atoms in total. The second kappa shape index (κ2) is 10.8. The molecule has 0 amide bonds. The number of rotatable bonds is 8. The highest BCUT2D eigenvalue weighted by molar-refractivity contribution is 7.99. The Hall–Kier alpha value is -3.51. The van der Waals surface area contributed by atoms with E-state index in [1.165, 1.54) is 11.8 Å². The van der Waals surface area contributed by atoms with Crippen LogP contribution in [-0.4, -0.2) is 27.2 Å². The van der Waals surface area contributed by atoms with Crippen molar-refractivity contribution in [3.8, 4) is 22.8 Å². The zero-order valence-corrected chi connectivity index (χ0v) is 21.4. The van der Waals surface area contributed by atoms with Crippen LogP contribution in [0.2, 0.25) is 0 Å². The zero-order chi connectivity index (χ0) is 24.9. The van der Waals surface area contributed by atoms with E-state index in [0.717, 1.165) is 45.8 Å². The highest BCUT2D eigenvalue weighted by atomic mass is 32.2. The van der Waals surface area contributed by atoms with Crippen LogP contribution in [0.15, 0.2) is 76.7 Å². The van der Waals surface area contributed by atoms with E-state index < -0.39 is 0 Å². The molecule has 2 aromatic carbocycles. The van der Waals surface area contributed by atoms with Crippen LogP contribution in [0.4, 0.5) is 11.4 Å². The molecule has 0 spiro atoms. The average molecular weight is 486 g/mol. The maximum atomic E-state index is 11.4. The SMILES string of the molecule is CCCCc1nc(O)c(Sc2ccc(-c3cccnc3C)cc2)c(O)c1N(C)c1ccccc1C. The highest BCUT2D eigenvalue weighted by Crippen LogP contribution is 2.48. The molecule has 35 heavy (non-hydrogen) atoms. The van der Waals surface area contributed by atoms with Gasteiger partial charge in [-0.25, -0.2) is 4.98 Å². The predicted octanol–water partition coefficient (Wildman–Crippen LogP) is 7.43. The van der Waals surface area contributed by atoms with E-state index >= 15 is 0 Å². The number of para-hydroxylation sites is 1.